The maximum Gasteiger partial charge on any atom is 0.337 e. The maximum absolute atomic E-state index is 12.5. The second kappa shape index (κ2) is 7.40. The lowest BCUT2D eigenvalue weighted by Gasteiger charge is -2.15. The third-order valence-corrected chi connectivity index (χ3v) is 4.10. The van der Waals surface area contributed by atoms with Crippen molar-refractivity contribution in [2.75, 3.05) is 32.1 Å². The SMILES string of the molecule is COC(=O)C1=C(Nc2ccc(-n3cnc(C)c3)cc2)C(=O)N(CCO)C1. The van der Waals surface area contributed by atoms with Gasteiger partial charge in [0.15, 0.2) is 0 Å². The quantitative estimate of drug-likeness (QED) is 0.745. The first-order valence-electron chi connectivity index (χ1n) is 8.13. The monoisotopic (exact) mass is 356 g/mol. The fourth-order valence-electron chi connectivity index (χ4n) is 2.77. The highest BCUT2D eigenvalue weighted by molar-refractivity contribution is 6.08. The fraction of sp³-hybridized carbons (Fsp3) is 0.278. The molecule has 1 amide bonds. The third kappa shape index (κ3) is 3.45. The molecular weight excluding hydrogens is 336 g/mol. The Labute approximate surface area is 150 Å². The number of nitrogens with one attached hydrogen (secondary N) is 1. The zero-order valence-corrected chi connectivity index (χ0v) is 14.6. The van der Waals surface area contributed by atoms with E-state index in [4.69, 9.17) is 9.84 Å². The minimum atomic E-state index is -0.563. The second-order valence-corrected chi connectivity index (χ2v) is 5.89. The van der Waals surface area contributed by atoms with E-state index in [2.05, 4.69) is 10.3 Å². The van der Waals surface area contributed by atoms with Gasteiger partial charge in [0.2, 0.25) is 0 Å². The Morgan fingerprint density at radius 3 is 2.65 bits per heavy atom. The van der Waals surface area contributed by atoms with Crippen LogP contribution in [0.2, 0.25) is 0 Å². The molecule has 0 atom stereocenters. The van der Waals surface area contributed by atoms with Gasteiger partial charge in [0.1, 0.15) is 5.70 Å². The van der Waals surface area contributed by atoms with Gasteiger partial charge >= 0.3 is 5.97 Å². The van der Waals surface area contributed by atoms with Crippen LogP contribution in [0.5, 0.6) is 0 Å². The van der Waals surface area contributed by atoms with Crippen LogP contribution < -0.4 is 5.32 Å². The maximum atomic E-state index is 12.5. The van der Waals surface area contributed by atoms with Crippen LogP contribution >= 0.6 is 0 Å². The van der Waals surface area contributed by atoms with E-state index in [1.165, 1.54) is 12.0 Å². The molecule has 8 nitrogen and oxygen atoms in total. The number of esters is 1. The lowest BCUT2D eigenvalue weighted by Crippen LogP contribution is -2.31. The second-order valence-electron chi connectivity index (χ2n) is 5.89. The number of anilines is 1. The number of β-amino-alcohol motifs (C(OH)–C–C–N with tert-alkyl or cyclic N) is 1. The Bertz CT molecular complexity index is 854. The highest BCUT2D eigenvalue weighted by Crippen LogP contribution is 2.23. The summed E-state index contributed by atoms with van der Waals surface area (Å²) in [6.45, 7) is 2.01. The van der Waals surface area contributed by atoms with Crippen molar-refractivity contribution < 1.29 is 19.4 Å². The normalized spacial score (nSPS) is 14.1. The number of hydrogen-bond donors (Lipinski definition) is 2. The Kier molecular flexibility index (Phi) is 5.04. The molecule has 0 unspecified atom stereocenters. The summed E-state index contributed by atoms with van der Waals surface area (Å²) in [4.78, 5) is 30.1. The van der Waals surface area contributed by atoms with Crippen molar-refractivity contribution >= 4 is 17.6 Å². The standard InChI is InChI=1S/C18H20N4O4/c1-12-9-22(11-19-12)14-5-3-13(4-6-14)20-16-15(18(25)26-2)10-21(7-8-23)17(16)24/h3-6,9,11,20,23H,7-8,10H2,1-2H3. The molecule has 8 heteroatoms. The molecule has 0 bridgehead atoms. The summed E-state index contributed by atoms with van der Waals surface area (Å²) in [5, 5.41) is 12.1. The molecule has 0 saturated carbocycles. The number of aliphatic hydroxyl groups is 1. The van der Waals surface area contributed by atoms with Crippen LogP contribution in [-0.4, -0.2) is 58.2 Å². The number of imidazole rings is 1. The van der Waals surface area contributed by atoms with E-state index in [1.54, 1.807) is 6.33 Å². The molecule has 1 aromatic carbocycles. The smallest absolute Gasteiger partial charge is 0.337 e. The molecule has 1 aromatic heterocycles. The van der Waals surface area contributed by atoms with E-state index in [-0.39, 0.29) is 36.9 Å². The number of ether oxygens (including phenoxy) is 1. The number of hydrogen-bond acceptors (Lipinski definition) is 6. The molecule has 0 fully saturated rings. The molecule has 26 heavy (non-hydrogen) atoms. The van der Waals surface area contributed by atoms with E-state index < -0.39 is 5.97 Å². The average Bonchev–Trinajstić information content (AvgIpc) is 3.21. The van der Waals surface area contributed by atoms with Gasteiger partial charge in [-0.1, -0.05) is 0 Å². The van der Waals surface area contributed by atoms with Crippen LogP contribution in [0.1, 0.15) is 5.69 Å². The van der Waals surface area contributed by atoms with Gasteiger partial charge in [-0.15, -0.1) is 0 Å². The molecule has 3 rings (SSSR count). The number of amides is 1. The number of carbonyl (C=O) groups is 2. The Morgan fingerprint density at radius 2 is 2.08 bits per heavy atom. The Hall–Kier alpha value is -3.13. The van der Waals surface area contributed by atoms with Crippen LogP contribution in [0.4, 0.5) is 5.69 Å². The minimum absolute atomic E-state index is 0.112. The van der Waals surface area contributed by atoms with Gasteiger partial charge in [-0.25, -0.2) is 9.78 Å². The first-order chi connectivity index (χ1) is 12.5. The predicted octanol–water partition coefficient (Wildman–Crippen LogP) is 0.854. The summed E-state index contributed by atoms with van der Waals surface area (Å²) < 4.78 is 6.66. The first kappa shape index (κ1) is 17.7. The van der Waals surface area contributed by atoms with Crippen LogP contribution in [0.25, 0.3) is 5.69 Å². The van der Waals surface area contributed by atoms with Crippen molar-refractivity contribution in [1.82, 2.24) is 14.5 Å². The van der Waals surface area contributed by atoms with E-state index in [0.717, 1.165) is 11.4 Å². The zero-order valence-electron chi connectivity index (χ0n) is 14.6. The highest BCUT2D eigenvalue weighted by atomic mass is 16.5. The molecule has 136 valence electrons. The van der Waals surface area contributed by atoms with Gasteiger partial charge in [0.05, 0.1) is 37.9 Å². The van der Waals surface area contributed by atoms with E-state index >= 15 is 0 Å². The Balaban J connectivity index is 1.83. The van der Waals surface area contributed by atoms with E-state index in [0.29, 0.717) is 5.69 Å². The molecule has 2 heterocycles. The minimum Gasteiger partial charge on any atom is -0.466 e. The van der Waals surface area contributed by atoms with Gasteiger partial charge in [-0.3, -0.25) is 4.79 Å². The molecule has 0 spiro atoms. The summed E-state index contributed by atoms with van der Waals surface area (Å²) in [5.74, 6) is -0.902. The zero-order chi connectivity index (χ0) is 18.7. The van der Waals surface area contributed by atoms with Crippen molar-refractivity contribution in [1.29, 1.82) is 0 Å². The largest absolute Gasteiger partial charge is 0.466 e. The van der Waals surface area contributed by atoms with Crippen molar-refractivity contribution in [2.45, 2.75) is 6.92 Å². The number of carbonyl (C=O) groups excluding carboxylic acids is 2. The fourth-order valence-corrected chi connectivity index (χ4v) is 2.77. The lowest BCUT2D eigenvalue weighted by atomic mass is 10.2. The molecule has 0 saturated heterocycles. The van der Waals surface area contributed by atoms with Crippen LogP contribution in [0.15, 0.2) is 48.1 Å². The summed E-state index contributed by atoms with van der Waals surface area (Å²) >= 11 is 0. The Morgan fingerprint density at radius 1 is 1.35 bits per heavy atom. The molecular formula is C18H20N4O4. The van der Waals surface area contributed by atoms with Crippen molar-refractivity contribution in [3.8, 4) is 5.69 Å². The van der Waals surface area contributed by atoms with Gasteiger partial charge < -0.3 is 24.6 Å². The van der Waals surface area contributed by atoms with Gasteiger partial charge in [0.25, 0.3) is 5.91 Å². The number of nitrogens with zero attached hydrogens (tertiary/aromatic N) is 3. The molecule has 2 N–H and O–H groups in total. The van der Waals surface area contributed by atoms with Crippen molar-refractivity contribution in [3.63, 3.8) is 0 Å². The lowest BCUT2D eigenvalue weighted by molar-refractivity contribution is -0.136. The number of aromatic nitrogens is 2. The molecule has 2 aromatic rings. The van der Waals surface area contributed by atoms with E-state index in [9.17, 15) is 9.59 Å². The predicted molar refractivity (Wildman–Crippen MR) is 94.6 cm³/mol. The summed E-state index contributed by atoms with van der Waals surface area (Å²) in [7, 11) is 1.27. The van der Waals surface area contributed by atoms with Gasteiger partial charge in [0, 0.05) is 24.1 Å². The number of aliphatic hydroxyl groups excluding tert-OH is 1. The molecule has 1 aliphatic rings. The molecule has 0 radical (unpaired) electrons. The number of methoxy groups -OCH3 is 1. The van der Waals surface area contributed by atoms with Crippen LogP contribution in [-0.2, 0) is 14.3 Å². The summed E-state index contributed by atoms with van der Waals surface area (Å²) in [5.41, 5.74) is 2.94. The van der Waals surface area contributed by atoms with Gasteiger partial charge in [-0.05, 0) is 31.2 Å². The number of benzene rings is 1. The number of rotatable bonds is 6. The van der Waals surface area contributed by atoms with Crippen LogP contribution in [0.3, 0.4) is 0 Å². The summed E-state index contributed by atoms with van der Waals surface area (Å²) in [6.07, 6.45) is 3.64. The topological polar surface area (TPSA) is 96.7 Å². The van der Waals surface area contributed by atoms with E-state index in [1.807, 2.05) is 42.0 Å². The average molecular weight is 356 g/mol. The highest BCUT2D eigenvalue weighted by Gasteiger charge is 2.34. The number of aryl methyl sites for hydroxylation is 1. The molecule has 1 aliphatic heterocycles. The van der Waals surface area contributed by atoms with Crippen LogP contribution in [0, 0.1) is 6.92 Å². The van der Waals surface area contributed by atoms with Crippen molar-refractivity contribution in [3.05, 3.63) is 53.8 Å². The third-order valence-electron chi connectivity index (χ3n) is 4.10. The summed E-state index contributed by atoms with van der Waals surface area (Å²) in [6, 6.07) is 7.39. The van der Waals surface area contributed by atoms with Crippen molar-refractivity contribution in [2.24, 2.45) is 0 Å². The van der Waals surface area contributed by atoms with Gasteiger partial charge in [-0.2, -0.15) is 0 Å². The first-order valence-corrected chi connectivity index (χ1v) is 8.13. The molecule has 0 aliphatic carbocycles.